The second-order valence-corrected chi connectivity index (χ2v) is 8.57. The van der Waals surface area contributed by atoms with Gasteiger partial charge in [-0.3, -0.25) is 0 Å². The molecule has 0 amide bonds. The molecule has 156 valence electrons. The molecule has 0 saturated carbocycles. The van der Waals surface area contributed by atoms with E-state index in [0.717, 1.165) is 18.8 Å². The minimum atomic E-state index is 1.00. The maximum atomic E-state index is 3.93. The van der Waals surface area contributed by atoms with Crippen molar-refractivity contribution in [3.05, 3.63) is 13.8 Å². The first-order valence-corrected chi connectivity index (χ1v) is 12.4. The van der Waals surface area contributed by atoms with Crippen LogP contribution in [0.15, 0.2) is 0 Å². The molecule has 1 atom stereocenters. The first kappa shape index (κ1) is 26.0. The lowest BCUT2D eigenvalue weighted by molar-refractivity contribution is 0.393. The smallest absolute Gasteiger partial charge is 0.0417 e. The van der Waals surface area contributed by atoms with Crippen LogP contribution in [0, 0.1) is 19.8 Å². The van der Waals surface area contributed by atoms with E-state index in [1.54, 1.807) is 0 Å². The molecular formula is C26H52. The van der Waals surface area contributed by atoms with Crippen LogP contribution in [0.4, 0.5) is 0 Å². The van der Waals surface area contributed by atoms with E-state index in [2.05, 4.69) is 20.8 Å². The van der Waals surface area contributed by atoms with Gasteiger partial charge < -0.3 is 0 Å². The van der Waals surface area contributed by atoms with Crippen LogP contribution in [0.25, 0.3) is 0 Å². The van der Waals surface area contributed by atoms with Gasteiger partial charge in [0.05, 0.1) is 0 Å². The Kier molecular flexibility index (Phi) is 23.0. The second kappa shape index (κ2) is 23.0. The summed E-state index contributed by atoms with van der Waals surface area (Å²) in [5.74, 6) is 1.00. The highest BCUT2D eigenvalue weighted by Gasteiger charge is 2.05. The summed E-state index contributed by atoms with van der Waals surface area (Å²) >= 11 is 0. The van der Waals surface area contributed by atoms with Crippen LogP contribution < -0.4 is 0 Å². The molecule has 0 N–H and O–H groups in total. The summed E-state index contributed by atoms with van der Waals surface area (Å²) in [5.41, 5.74) is 0. The summed E-state index contributed by atoms with van der Waals surface area (Å²) < 4.78 is 0. The van der Waals surface area contributed by atoms with Crippen LogP contribution in [-0.2, 0) is 0 Å². The average Bonchev–Trinajstić information content (AvgIpc) is 2.66. The molecule has 0 bridgehead atoms. The SMILES string of the molecule is [CH2]CCCCCCCCCCCCCCCC(CC)CCCCCC[CH2]. The Bertz CT molecular complexity index is 232. The Hall–Kier alpha value is 0. The molecule has 0 saturated heterocycles. The van der Waals surface area contributed by atoms with Gasteiger partial charge in [0.2, 0.25) is 0 Å². The van der Waals surface area contributed by atoms with Gasteiger partial charge >= 0.3 is 0 Å². The molecule has 0 fully saturated rings. The van der Waals surface area contributed by atoms with Crippen LogP contribution in [-0.4, -0.2) is 0 Å². The van der Waals surface area contributed by atoms with E-state index < -0.39 is 0 Å². The number of hydrogen-bond donors (Lipinski definition) is 0. The highest BCUT2D eigenvalue weighted by Crippen LogP contribution is 2.21. The van der Waals surface area contributed by atoms with E-state index in [4.69, 9.17) is 0 Å². The van der Waals surface area contributed by atoms with Crippen molar-refractivity contribution in [2.75, 3.05) is 0 Å². The molecule has 0 aromatic heterocycles. The average molecular weight is 365 g/mol. The van der Waals surface area contributed by atoms with E-state index in [0.29, 0.717) is 0 Å². The Morgan fingerprint density at radius 1 is 0.423 bits per heavy atom. The highest BCUT2D eigenvalue weighted by atomic mass is 14.1. The Morgan fingerprint density at radius 3 is 0.962 bits per heavy atom. The first-order chi connectivity index (χ1) is 12.8. The van der Waals surface area contributed by atoms with Crippen LogP contribution in [0.1, 0.15) is 148 Å². The maximum Gasteiger partial charge on any atom is -0.0417 e. The summed E-state index contributed by atoms with van der Waals surface area (Å²) in [4.78, 5) is 0. The lowest BCUT2D eigenvalue weighted by atomic mass is 9.92. The molecule has 0 aromatic rings. The van der Waals surface area contributed by atoms with Crippen molar-refractivity contribution in [1.82, 2.24) is 0 Å². The standard InChI is InChI=1S/C26H52/c1-4-7-9-11-12-13-14-15-16-17-18-19-21-23-25-26(6-3)24-22-20-10-8-5-2/h26H,1-2,4-25H2,3H3. The molecule has 0 aliphatic carbocycles. The van der Waals surface area contributed by atoms with Crippen LogP contribution >= 0.6 is 0 Å². The van der Waals surface area contributed by atoms with Gasteiger partial charge in [-0.15, -0.1) is 0 Å². The predicted molar refractivity (Wildman–Crippen MR) is 121 cm³/mol. The second-order valence-electron chi connectivity index (χ2n) is 8.57. The summed E-state index contributed by atoms with van der Waals surface area (Å²) in [6.45, 7) is 10.2. The normalized spacial score (nSPS) is 12.6. The quantitative estimate of drug-likeness (QED) is 0.168. The zero-order valence-corrected chi connectivity index (χ0v) is 18.5. The predicted octanol–water partition coefficient (Wildman–Crippen LogP) is 9.87. The first-order valence-electron chi connectivity index (χ1n) is 12.4. The molecule has 26 heavy (non-hydrogen) atoms. The van der Waals surface area contributed by atoms with Gasteiger partial charge in [-0.1, -0.05) is 162 Å². The van der Waals surface area contributed by atoms with Gasteiger partial charge in [-0.25, -0.2) is 0 Å². The fourth-order valence-corrected chi connectivity index (χ4v) is 4.07. The van der Waals surface area contributed by atoms with E-state index >= 15 is 0 Å². The van der Waals surface area contributed by atoms with Gasteiger partial charge in [0.1, 0.15) is 0 Å². The van der Waals surface area contributed by atoms with Crippen molar-refractivity contribution in [3.63, 3.8) is 0 Å². The fraction of sp³-hybridized carbons (Fsp3) is 0.923. The van der Waals surface area contributed by atoms with Crippen LogP contribution in [0.5, 0.6) is 0 Å². The molecule has 0 heteroatoms. The zero-order valence-electron chi connectivity index (χ0n) is 18.5. The van der Waals surface area contributed by atoms with Gasteiger partial charge in [0, 0.05) is 0 Å². The van der Waals surface area contributed by atoms with Gasteiger partial charge in [0.15, 0.2) is 0 Å². The molecular weight excluding hydrogens is 312 g/mol. The lowest BCUT2D eigenvalue weighted by Crippen LogP contribution is -1.99. The van der Waals surface area contributed by atoms with E-state index in [9.17, 15) is 0 Å². The molecule has 0 rings (SSSR count). The van der Waals surface area contributed by atoms with Crippen molar-refractivity contribution >= 4 is 0 Å². The Balaban J connectivity index is 3.21. The Labute approximate surface area is 168 Å². The van der Waals surface area contributed by atoms with Crippen molar-refractivity contribution in [2.24, 2.45) is 5.92 Å². The van der Waals surface area contributed by atoms with Gasteiger partial charge in [0.25, 0.3) is 0 Å². The number of unbranched alkanes of at least 4 members (excludes halogenated alkanes) is 17. The van der Waals surface area contributed by atoms with Crippen molar-refractivity contribution < 1.29 is 0 Å². The van der Waals surface area contributed by atoms with Crippen molar-refractivity contribution in [3.8, 4) is 0 Å². The summed E-state index contributed by atoms with van der Waals surface area (Å²) in [6.07, 6.45) is 31.1. The van der Waals surface area contributed by atoms with Crippen LogP contribution in [0.3, 0.4) is 0 Å². The molecule has 1 unspecified atom stereocenters. The van der Waals surface area contributed by atoms with E-state index in [1.807, 2.05) is 0 Å². The molecule has 0 spiro atoms. The monoisotopic (exact) mass is 364 g/mol. The third kappa shape index (κ3) is 20.3. The summed E-state index contributed by atoms with van der Waals surface area (Å²) in [7, 11) is 0. The van der Waals surface area contributed by atoms with E-state index in [-0.39, 0.29) is 0 Å². The zero-order chi connectivity index (χ0) is 19.1. The van der Waals surface area contributed by atoms with Gasteiger partial charge in [-0.2, -0.15) is 0 Å². The number of hydrogen-bond acceptors (Lipinski definition) is 0. The van der Waals surface area contributed by atoms with E-state index in [1.165, 1.54) is 128 Å². The van der Waals surface area contributed by atoms with Crippen molar-refractivity contribution in [1.29, 1.82) is 0 Å². The largest absolute Gasteiger partial charge is 0.0651 e. The lowest BCUT2D eigenvalue weighted by Gasteiger charge is -2.14. The number of rotatable bonds is 22. The molecule has 0 aliphatic heterocycles. The third-order valence-corrected chi connectivity index (χ3v) is 6.05. The summed E-state index contributed by atoms with van der Waals surface area (Å²) in [5, 5.41) is 0. The topological polar surface area (TPSA) is 0 Å². The molecule has 0 heterocycles. The highest BCUT2D eigenvalue weighted by molar-refractivity contribution is 4.59. The minimum Gasteiger partial charge on any atom is -0.0651 e. The minimum absolute atomic E-state index is 1.00. The molecule has 0 aromatic carbocycles. The summed E-state index contributed by atoms with van der Waals surface area (Å²) in [6, 6.07) is 0. The fourth-order valence-electron chi connectivity index (χ4n) is 4.07. The maximum absolute atomic E-state index is 3.93. The molecule has 0 nitrogen and oxygen atoms in total. The van der Waals surface area contributed by atoms with Gasteiger partial charge in [-0.05, 0) is 5.92 Å². The molecule has 2 radical (unpaired) electrons. The Morgan fingerprint density at radius 2 is 0.692 bits per heavy atom. The van der Waals surface area contributed by atoms with Crippen molar-refractivity contribution in [2.45, 2.75) is 148 Å². The van der Waals surface area contributed by atoms with Crippen LogP contribution in [0.2, 0.25) is 0 Å². The third-order valence-electron chi connectivity index (χ3n) is 6.05. The molecule has 0 aliphatic rings.